The minimum atomic E-state index is -0.355. The molecule has 0 amide bonds. The summed E-state index contributed by atoms with van der Waals surface area (Å²) in [7, 11) is 0. The molecule has 1 fully saturated rings. The van der Waals surface area contributed by atoms with E-state index >= 15 is 0 Å². The SMILES string of the molecule is OC1CCCOC1S. The Kier molecular flexibility index (Phi) is 2.16. The van der Waals surface area contributed by atoms with E-state index in [1.54, 1.807) is 0 Å². The summed E-state index contributed by atoms with van der Waals surface area (Å²) in [6, 6.07) is 0. The van der Waals surface area contributed by atoms with Gasteiger partial charge in [-0.25, -0.2) is 0 Å². The topological polar surface area (TPSA) is 29.5 Å². The number of hydrogen-bond acceptors (Lipinski definition) is 3. The first kappa shape index (κ1) is 6.39. The average Bonchev–Trinajstić information content (AvgIpc) is 1.77. The summed E-state index contributed by atoms with van der Waals surface area (Å²) in [4.78, 5) is 0. The fourth-order valence-electron chi connectivity index (χ4n) is 0.750. The van der Waals surface area contributed by atoms with E-state index in [4.69, 9.17) is 9.84 Å². The summed E-state index contributed by atoms with van der Waals surface area (Å²) in [5.41, 5.74) is -0.247. The van der Waals surface area contributed by atoms with Crippen LogP contribution in [0.4, 0.5) is 0 Å². The third-order valence-corrected chi connectivity index (χ3v) is 1.76. The molecular weight excluding hydrogens is 124 g/mol. The first-order valence-electron chi connectivity index (χ1n) is 2.78. The van der Waals surface area contributed by atoms with E-state index in [0.29, 0.717) is 0 Å². The lowest BCUT2D eigenvalue weighted by Crippen LogP contribution is -2.29. The van der Waals surface area contributed by atoms with Crippen molar-refractivity contribution in [3.63, 3.8) is 0 Å². The third-order valence-electron chi connectivity index (χ3n) is 1.26. The van der Waals surface area contributed by atoms with Crippen molar-refractivity contribution in [1.82, 2.24) is 0 Å². The third kappa shape index (κ3) is 1.37. The Morgan fingerprint density at radius 2 is 2.38 bits per heavy atom. The van der Waals surface area contributed by atoms with Gasteiger partial charge in [-0.05, 0) is 12.8 Å². The van der Waals surface area contributed by atoms with Crippen LogP contribution in [0.2, 0.25) is 0 Å². The molecule has 1 heterocycles. The molecule has 2 nitrogen and oxygen atoms in total. The van der Waals surface area contributed by atoms with Gasteiger partial charge in [0.25, 0.3) is 0 Å². The van der Waals surface area contributed by atoms with E-state index in [9.17, 15) is 0 Å². The molecule has 0 aromatic rings. The average molecular weight is 134 g/mol. The van der Waals surface area contributed by atoms with E-state index in [-0.39, 0.29) is 11.5 Å². The van der Waals surface area contributed by atoms with Gasteiger partial charge < -0.3 is 9.84 Å². The van der Waals surface area contributed by atoms with Crippen LogP contribution in [0.25, 0.3) is 0 Å². The number of thiol groups is 1. The first-order valence-corrected chi connectivity index (χ1v) is 3.30. The van der Waals surface area contributed by atoms with Crippen LogP contribution in [0.5, 0.6) is 0 Å². The van der Waals surface area contributed by atoms with E-state index in [1.165, 1.54) is 0 Å². The Hall–Kier alpha value is 0.270. The number of ether oxygens (including phenoxy) is 1. The second-order valence-electron chi connectivity index (χ2n) is 1.97. The smallest absolute Gasteiger partial charge is 0.126 e. The number of hydrogen-bond donors (Lipinski definition) is 2. The maximum atomic E-state index is 8.98. The van der Waals surface area contributed by atoms with Crippen LogP contribution in [-0.4, -0.2) is 23.3 Å². The highest BCUT2D eigenvalue weighted by Crippen LogP contribution is 2.15. The van der Waals surface area contributed by atoms with Crippen molar-refractivity contribution >= 4 is 12.6 Å². The number of rotatable bonds is 0. The van der Waals surface area contributed by atoms with Gasteiger partial charge in [-0.3, -0.25) is 0 Å². The molecule has 0 saturated carbocycles. The summed E-state index contributed by atoms with van der Waals surface area (Å²) in [6.45, 7) is 0.741. The normalized spacial score (nSPS) is 39.8. The molecule has 1 rings (SSSR count). The predicted octanol–water partition coefficient (Wildman–Crippen LogP) is 0.414. The van der Waals surface area contributed by atoms with Crippen molar-refractivity contribution in [2.75, 3.05) is 6.61 Å². The fourth-order valence-corrected chi connectivity index (χ4v) is 1.00. The van der Waals surface area contributed by atoms with Crippen LogP contribution < -0.4 is 0 Å². The van der Waals surface area contributed by atoms with Crippen molar-refractivity contribution in [3.8, 4) is 0 Å². The molecule has 1 aliphatic heterocycles. The molecule has 0 bridgehead atoms. The Morgan fingerprint density at radius 3 is 2.75 bits per heavy atom. The van der Waals surface area contributed by atoms with Gasteiger partial charge in [0.1, 0.15) is 5.44 Å². The van der Waals surface area contributed by atoms with Crippen molar-refractivity contribution in [3.05, 3.63) is 0 Å². The van der Waals surface area contributed by atoms with E-state index in [1.807, 2.05) is 0 Å². The summed E-state index contributed by atoms with van der Waals surface area (Å²) in [5, 5.41) is 8.98. The van der Waals surface area contributed by atoms with Gasteiger partial charge in [0.15, 0.2) is 0 Å². The van der Waals surface area contributed by atoms with E-state index in [0.717, 1.165) is 19.4 Å². The van der Waals surface area contributed by atoms with Crippen molar-refractivity contribution in [1.29, 1.82) is 0 Å². The second kappa shape index (κ2) is 2.71. The summed E-state index contributed by atoms with van der Waals surface area (Å²) < 4.78 is 5.00. The molecule has 0 aliphatic carbocycles. The Labute approximate surface area is 54.3 Å². The van der Waals surface area contributed by atoms with Crippen LogP contribution in [0.15, 0.2) is 0 Å². The molecule has 0 spiro atoms. The highest BCUT2D eigenvalue weighted by Gasteiger charge is 2.18. The molecule has 48 valence electrons. The molecule has 8 heavy (non-hydrogen) atoms. The lowest BCUT2D eigenvalue weighted by molar-refractivity contribution is -0.0251. The van der Waals surface area contributed by atoms with Gasteiger partial charge >= 0.3 is 0 Å². The molecule has 1 aliphatic rings. The highest BCUT2D eigenvalue weighted by atomic mass is 32.1. The number of aliphatic hydroxyl groups excluding tert-OH is 1. The van der Waals surface area contributed by atoms with Crippen LogP contribution in [0.3, 0.4) is 0 Å². The van der Waals surface area contributed by atoms with Crippen molar-refractivity contribution < 1.29 is 9.84 Å². The van der Waals surface area contributed by atoms with Gasteiger partial charge in [0.2, 0.25) is 0 Å². The van der Waals surface area contributed by atoms with Gasteiger partial charge in [0, 0.05) is 6.61 Å². The molecule has 1 saturated heterocycles. The van der Waals surface area contributed by atoms with Gasteiger partial charge in [0.05, 0.1) is 6.10 Å². The molecular formula is C5H10O2S. The lowest BCUT2D eigenvalue weighted by atomic mass is 10.2. The predicted molar refractivity (Wildman–Crippen MR) is 34.0 cm³/mol. The zero-order chi connectivity index (χ0) is 5.98. The molecule has 2 atom stereocenters. The highest BCUT2D eigenvalue weighted by molar-refractivity contribution is 7.80. The fraction of sp³-hybridized carbons (Fsp3) is 1.00. The standard InChI is InChI=1S/C5H10O2S/c6-4-2-1-3-7-5(4)8/h4-6,8H,1-3H2. The van der Waals surface area contributed by atoms with E-state index in [2.05, 4.69) is 12.6 Å². The van der Waals surface area contributed by atoms with Crippen LogP contribution >= 0.6 is 12.6 Å². The maximum Gasteiger partial charge on any atom is 0.126 e. The quantitative estimate of drug-likeness (QED) is 0.470. The zero-order valence-corrected chi connectivity index (χ0v) is 5.47. The summed E-state index contributed by atoms with van der Waals surface area (Å²) in [6.07, 6.45) is 1.43. The van der Waals surface area contributed by atoms with Gasteiger partial charge in [-0.2, -0.15) is 0 Å². The van der Waals surface area contributed by atoms with Crippen LogP contribution in [0, 0.1) is 0 Å². The minimum Gasteiger partial charge on any atom is -0.390 e. The molecule has 0 aromatic heterocycles. The number of aliphatic hydroxyl groups is 1. The van der Waals surface area contributed by atoms with Crippen LogP contribution in [-0.2, 0) is 4.74 Å². The Bertz CT molecular complexity index is 66.8. The molecule has 0 radical (unpaired) electrons. The molecule has 1 N–H and O–H groups in total. The van der Waals surface area contributed by atoms with Crippen molar-refractivity contribution in [2.45, 2.75) is 24.4 Å². The molecule has 2 unspecified atom stereocenters. The maximum absolute atomic E-state index is 8.98. The Balaban J connectivity index is 2.28. The summed E-state index contributed by atoms with van der Waals surface area (Å²) >= 11 is 3.98. The monoisotopic (exact) mass is 134 g/mol. The van der Waals surface area contributed by atoms with Crippen LogP contribution in [0.1, 0.15) is 12.8 Å². The summed E-state index contributed by atoms with van der Waals surface area (Å²) in [5.74, 6) is 0. The Morgan fingerprint density at radius 1 is 1.62 bits per heavy atom. The van der Waals surface area contributed by atoms with E-state index < -0.39 is 0 Å². The minimum absolute atomic E-state index is 0.247. The second-order valence-corrected chi connectivity index (χ2v) is 2.48. The van der Waals surface area contributed by atoms with Crippen molar-refractivity contribution in [2.24, 2.45) is 0 Å². The molecule has 0 aromatic carbocycles. The van der Waals surface area contributed by atoms with Gasteiger partial charge in [-0.1, -0.05) is 0 Å². The first-order chi connectivity index (χ1) is 3.80. The largest absolute Gasteiger partial charge is 0.390 e. The zero-order valence-electron chi connectivity index (χ0n) is 4.58. The lowest BCUT2D eigenvalue weighted by Gasteiger charge is -2.23. The van der Waals surface area contributed by atoms with Gasteiger partial charge in [-0.15, -0.1) is 12.6 Å². The molecule has 3 heteroatoms.